The number of piperidine rings is 1. The van der Waals surface area contributed by atoms with Gasteiger partial charge in [-0.3, -0.25) is 9.59 Å². The van der Waals surface area contributed by atoms with Gasteiger partial charge in [0.2, 0.25) is 0 Å². The van der Waals surface area contributed by atoms with Gasteiger partial charge in [0, 0.05) is 5.92 Å². The van der Waals surface area contributed by atoms with Crippen molar-refractivity contribution < 1.29 is 19.4 Å². The molecule has 0 saturated carbocycles. The number of carboxylic acid groups (broad SMARTS) is 1. The Balaban J connectivity index is 1.52. The fourth-order valence-corrected chi connectivity index (χ4v) is 4.37. The zero-order chi connectivity index (χ0) is 18.8. The van der Waals surface area contributed by atoms with E-state index in [-0.39, 0.29) is 18.4 Å². The molecule has 0 spiro atoms. The van der Waals surface area contributed by atoms with Crippen LogP contribution in [0.5, 0.6) is 0 Å². The second-order valence-corrected chi connectivity index (χ2v) is 7.26. The smallest absolute Gasteiger partial charge is 0.320 e. The fraction of sp³-hybridized carbons (Fsp3) is 0.364. The lowest BCUT2D eigenvalue weighted by atomic mass is 9.85. The van der Waals surface area contributed by atoms with E-state index in [1.54, 1.807) is 0 Å². The number of rotatable bonds is 5. The Morgan fingerprint density at radius 1 is 1.00 bits per heavy atom. The standard InChI is InChI=1S/C22H23NO4/c24-21(25)20(14-9-11-23-12-10-14)22(26)27-13-19-17-7-3-1-5-15(17)16-6-2-4-8-18(16)19/h1-8,14,19-20,23H,9-13H2,(H,24,25). The molecule has 0 radical (unpaired) electrons. The summed E-state index contributed by atoms with van der Waals surface area (Å²) < 4.78 is 5.58. The number of fused-ring (bicyclic) bond motifs is 3. The maximum Gasteiger partial charge on any atom is 0.320 e. The van der Waals surface area contributed by atoms with Crippen molar-refractivity contribution >= 4 is 11.9 Å². The highest BCUT2D eigenvalue weighted by molar-refractivity contribution is 5.94. The average molecular weight is 365 g/mol. The second kappa shape index (κ2) is 7.53. The Morgan fingerprint density at radius 3 is 2.11 bits per heavy atom. The Hall–Kier alpha value is -2.66. The Morgan fingerprint density at radius 2 is 1.56 bits per heavy atom. The molecule has 1 saturated heterocycles. The van der Waals surface area contributed by atoms with Crippen molar-refractivity contribution in [2.24, 2.45) is 11.8 Å². The summed E-state index contributed by atoms with van der Waals surface area (Å²) in [6.45, 7) is 1.65. The van der Waals surface area contributed by atoms with Crippen molar-refractivity contribution in [1.82, 2.24) is 5.32 Å². The fourth-order valence-electron chi connectivity index (χ4n) is 4.37. The van der Waals surface area contributed by atoms with E-state index in [4.69, 9.17) is 4.74 Å². The number of hydrogen-bond acceptors (Lipinski definition) is 4. The Bertz CT molecular complexity index is 811. The molecule has 0 amide bonds. The topological polar surface area (TPSA) is 75.6 Å². The van der Waals surface area contributed by atoms with Gasteiger partial charge in [-0.1, -0.05) is 48.5 Å². The lowest BCUT2D eigenvalue weighted by molar-refractivity contribution is -0.162. The SMILES string of the molecule is O=C(O)C(C(=O)OCC1c2ccccc2-c2ccccc21)C1CCNCC1. The molecule has 0 aromatic heterocycles. The molecule has 1 atom stereocenters. The monoisotopic (exact) mass is 365 g/mol. The molecular weight excluding hydrogens is 342 g/mol. The molecule has 2 N–H and O–H groups in total. The first-order valence-corrected chi connectivity index (χ1v) is 9.45. The molecule has 4 rings (SSSR count). The number of benzene rings is 2. The predicted molar refractivity (Wildman–Crippen MR) is 101 cm³/mol. The number of ether oxygens (including phenoxy) is 1. The van der Waals surface area contributed by atoms with E-state index in [1.165, 1.54) is 0 Å². The van der Waals surface area contributed by atoms with Gasteiger partial charge in [-0.05, 0) is 54.1 Å². The number of esters is 1. The molecule has 1 heterocycles. The highest BCUT2D eigenvalue weighted by Crippen LogP contribution is 2.44. The summed E-state index contributed by atoms with van der Waals surface area (Å²) in [7, 11) is 0. The molecule has 5 nitrogen and oxygen atoms in total. The zero-order valence-corrected chi connectivity index (χ0v) is 15.1. The molecule has 140 valence electrons. The third kappa shape index (κ3) is 3.35. The van der Waals surface area contributed by atoms with Gasteiger partial charge >= 0.3 is 11.9 Å². The van der Waals surface area contributed by atoms with E-state index in [0.29, 0.717) is 12.8 Å². The molecule has 27 heavy (non-hydrogen) atoms. The third-order valence-electron chi connectivity index (χ3n) is 5.73. The van der Waals surface area contributed by atoms with Crippen molar-refractivity contribution in [2.45, 2.75) is 18.8 Å². The molecule has 2 aromatic rings. The summed E-state index contributed by atoms with van der Waals surface area (Å²) in [5.41, 5.74) is 4.56. The first-order chi connectivity index (χ1) is 13.2. The molecule has 0 bridgehead atoms. The highest BCUT2D eigenvalue weighted by Gasteiger charge is 2.38. The van der Waals surface area contributed by atoms with Crippen molar-refractivity contribution in [3.8, 4) is 11.1 Å². The second-order valence-electron chi connectivity index (χ2n) is 7.26. The average Bonchev–Trinajstić information content (AvgIpc) is 3.01. The summed E-state index contributed by atoms with van der Waals surface area (Å²) >= 11 is 0. The molecule has 1 aliphatic heterocycles. The molecule has 5 heteroatoms. The molecular formula is C22H23NO4. The van der Waals surface area contributed by atoms with E-state index in [1.807, 2.05) is 24.3 Å². The van der Waals surface area contributed by atoms with Crippen LogP contribution < -0.4 is 5.32 Å². The maximum absolute atomic E-state index is 12.6. The summed E-state index contributed by atoms with van der Waals surface area (Å²) in [6, 6.07) is 16.2. The molecule has 2 aromatic carbocycles. The first kappa shape index (κ1) is 17.7. The van der Waals surface area contributed by atoms with E-state index >= 15 is 0 Å². The van der Waals surface area contributed by atoms with Gasteiger partial charge in [0.1, 0.15) is 6.61 Å². The normalized spacial score (nSPS) is 17.8. The van der Waals surface area contributed by atoms with Crippen LogP contribution >= 0.6 is 0 Å². The minimum atomic E-state index is -1.08. The van der Waals surface area contributed by atoms with E-state index in [9.17, 15) is 14.7 Å². The quantitative estimate of drug-likeness (QED) is 0.629. The van der Waals surface area contributed by atoms with Crippen molar-refractivity contribution in [3.63, 3.8) is 0 Å². The van der Waals surface area contributed by atoms with Gasteiger partial charge in [0.15, 0.2) is 5.92 Å². The summed E-state index contributed by atoms with van der Waals surface area (Å²) in [5.74, 6) is -3.00. The van der Waals surface area contributed by atoms with Crippen LogP contribution in [0.25, 0.3) is 11.1 Å². The molecule has 1 fully saturated rings. The molecule has 1 unspecified atom stereocenters. The van der Waals surface area contributed by atoms with Crippen molar-refractivity contribution in [1.29, 1.82) is 0 Å². The number of carboxylic acids is 1. The van der Waals surface area contributed by atoms with Crippen LogP contribution in [0, 0.1) is 11.8 Å². The number of aliphatic carboxylic acids is 1. The van der Waals surface area contributed by atoms with Crippen molar-refractivity contribution in [2.75, 3.05) is 19.7 Å². The Labute approximate surface area is 158 Å². The zero-order valence-electron chi connectivity index (χ0n) is 15.1. The summed E-state index contributed by atoms with van der Waals surface area (Å²) in [6.07, 6.45) is 1.36. The minimum Gasteiger partial charge on any atom is -0.481 e. The van der Waals surface area contributed by atoms with Crippen LogP contribution in [0.3, 0.4) is 0 Å². The van der Waals surface area contributed by atoms with Crippen LogP contribution in [0.4, 0.5) is 0 Å². The number of nitrogens with one attached hydrogen (secondary N) is 1. The number of carbonyl (C=O) groups excluding carboxylic acids is 1. The van der Waals surface area contributed by atoms with Gasteiger partial charge in [0.25, 0.3) is 0 Å². The highest BCUT2D eigenvalue weighted by atomic mass is 16.5. The summed E-state index contributed by atoms with van der Waals surface area (Å²) in [4.78, 5) is 24.4. The van der Waals surface area contributed by atoms with Gasteiger partial charge in [-0.2, -0.15) is 0 Å². The first-order valence-electron chi connectivity index (χ1n) is 9.45. The van der Waals surface area contributed by atoms with E-state index < -0.39 is 17.9 Å². The van der Waals surface area contributed by atoms with Crippen LogP contribution in [-0.2, 0) is 14.3 Å². The maximum atomic E-state index is 12.6. The van der Waals surface area contributed by atoms with Gasteiger partial charge in [-0.25, -0.2) is 0 Å². The van der Waals surface area contributed by atoms with Crippen LogP contribution in [-0.4, -0.2) is 36.7 Å². The lowest BCUT2D eigenvalue weighted by Gasteiger charge is -2.27. The predicted octanol–water partition coefficient (Wildman–Crippen LogP) is 3.04. The number of carbonyl (C=O) groups is 2. The largest absolute Gasteiger partial charge is 0.481 e. The lowest BCUT2D eigenvalue weighted by Crippen LogP contribution is -2.39. The van der Waals surface area contributed by atoms with Crippen LogP contribution in [0.1, 0.15) is 29.9 Å². The van der Waals surface area contributed by atoms with Gasteiger partial charge in [0.05, 0.1) is 0 Å². The minimum absolute atomic E-state index is 0.0520. The summed E-state index contributed by atoms with van der Waals surface area (Å²) in [5, 5.41) is 12.8. The van der Waals surface area contributed by atoms with E-state index in [2.05, 4.69) is 29.6 Å². The van der Waals surface area contributed by atoms with E-state index in [0.717, 1.165) is 35.3 Å². The number of hydrogen-bond donors (Lipinski definition) is 2. The Kier molecular flexibility index (Phi) is 4.94. The van der Waals surface area contributed by atoms with Crippen molar-refractivity contribution in [3.05, 3.63) is 59.7 Å². The van der Waals surface area contributed by atoms with Gasteiger partial charge in [-0.15, -0.1) is 0 Å². The van der Waals surface area contributed by atoms with Crippen LogP contribution in [0.15, 0.2) is 48.5 Å². The molecule has 1 aliphatic carbocycles. The molecule has 2 aliphatic rings. The van der Waals surface area contributed by atoms with Crippen LogP contribution in [0.2, 0.25) is 0 Å². The third-order valence-corrected chi connectivity index (χ3v) is 5.73. The van der Waals surface area contributed by atoms with Gasteiger partial charge < -0.3 is 15.2 Å².